The number of anilines is 2. The van der Waals surface area contributed by atoms with E-state index in [4.69, 9.17) is 9.47 Å². The van der Waals surface area contributed by atoms with Crippen molar-refractivity contribution in [2.24, 2.45) is 5.92 Å². The molecule has 2 atom stereocenters. The summed E-state index contributed by atoms with van der Waals surface area (Å²) >= 11 is 2.82. The minimum Gasteiger partial charge on any atom is -0.489 e. The summed E-state index contributed by atoms with van der Waals surface area (Å²) in [6.07, 6.45) is 4.76. The summed E-state index contributed by atoms with van der Waals surface area (Å²) in [4.78, 5) is 55.4. The van der Waals surface area contributed by atoms with Crippen molar-refractivity contribution in [2.45, 2.75) is 56.3 Å². The zero-order valence-electron chi connectivity index (χ0n) is 30.9. The number of fused-ring (bicyclic) bond motifs is 1. The van der Waals surface area contributed by atoms with E-state index in [2.05, 4.69) is 22.9 Å². The first-order chi connectivity index (χ1) is 26.7. The number of amides is 3. The van der Waals surface area contributed by atoms with Crippen LogP contribution in [0, 0.1) is 5.92 Å². The summed E-state index contributed by atoms with van der Waals surface area (Å²) in [6.45, 7) is 4.54. The number of carbonyl (C=O) groups excluding carboxylic acids is 4. The molecule has 0 aliphatic heterocycles. The van der Waals surface area contributed by atoms with Crippen molar-refractivity contribution in [1.82, 2.24) is 5.32 Å². The SMILES string of the molecule is CCC(Sc1cccc(NC(=O)/C(=C\c2ccc(OCc3ccccc3)cc2)NC(=O)c2ccccc2)c1)C(=O)Nc1sc2c(c1C(=O)OC)CCC(C)C2. The predicted octanol–water partition coefficient (Wildman–Crippen LogP) is 9.16. The van der Waals surface area contributed by atoms with Gasteiger partial charge in [0.05, 0.1) is 17.9 Å². The lowest BCUT2D eigenvalue weighted by Crippen LogP contribution is -2.30. The maximum Gasteiger partial charge on any atom is 0.341 e. The fourth-order valence-corrected chi connectivity index (χ4v) is 8.61. The molecule has 1 heterocycles. The second-order valence-corrected chi connectivity index (χ2v) is 15.6. The van der Waals surface area contributed by atoms with E-state index in [-0.39, 0.29) is 11.6 Å². The maximum absolute atomic E-state index is 13.8. The Morgan fingerprint density at radius 2 is 1.64 bits per heavy atom. The molecule has 11 heteroatoms. The number of nitrogens with one attached hydrogen (secondary N) is 3. The first-order valence-electron chi connectivity index (χ1n) is 18.2. The Morgan fingerprint density at radius 3 is 2.35 bits per heavy atom. The monoisotopic (exact) mass is 773 g/mol. The van der Waals surface area contributed by atoms with Gasteiger partial charge in [0.15, 0.2) is 0 Å². The number of esters is 1. The van der Waals surface area contributed by atoms with Crippen molar-refractivity contribution in [3.05, 3.63) is 148 Å². The second kappa shape index (κ2) is 18.6. The molecule has 1 aliphatic carbocycles. The fraction of sp³-hybridized carbons (Fsp3) is 0.227. The van der Waals surface area contributed by atoms with Gasteiger partial charge in [0.25, 0.3) is 11.8 Å². The van der Waals surface area contributed by atoms with Crippen LogP contribution in [-0.2, 0) is 33.8 Å². The summed E-state index contributed by atoms with van der Waals surface area (Å²) in [6, 6.07) is 33.0. The summed E-state index contributed by atoms with van der Waals surface area (Å²) in [5.74, 6) is -0.430. The molecule has 55 heavy (non-hydrogen) atoms. The van der Waals surface area contributed by atoms with Crippen molar-refractivity contribution >= 4 is 63.6 Å². The lowest BCUT2D eigenvalue weighted by molar-refractivity contribution is -0.116. The number of rotatable bonds is 14. The molecule has 0 fully saturated rings. The fourth-order valence-electron chi connectivity index (χ4n) is 6.19. The van der Waals surface area contributed by atoms with Crippen LogP contribution < -0.4 is 20.7 Å². The van der Waals surface area contributed by atoms with Crippen molar-refractivity contribution < 1.29 is 28.7 Å². The zero-order chi connectivity index (χ0) is 38.7. The molecule has 0 saturated heterocycles. The number of carbonyl (C=O) groups is 4. The molecule has 0 saturated carbocycles. The second-order valence-electron chi connectivity index (χ2n) is 13.3. The minimum absolute atomic E-state index is 0.0464. The van der Waals surface area contributed by atoms with Crippen molar-refractivity contribution in [2.75, 3.05) is 17.7 Å². The number of methoxy groups -OCH3 is 1. The average Bonchev–Trinajstić information content (AvgIpc) is 3.56. The number of thiophene rings is 1. The van der Waals surface area contributed by atoms with E-state index in [1.807, 2.05) is 73.7 Å². The lowest BCUT2D eigenvalue weighted by atomic mass is 9.88. The van der Waals surface area contributed by atoms with Crippen LogP contribution in [0.1, 0.15) is 69.0 Å². The summed E-state index contributed by atoms with van der Waals surface area (Å²) in [7, 11) is 1.36. The molecule has 2 unspecified atom stereocenters. The van der Waals surface area contributed by atoms with E-state index < -0.39 is 23.0 Å². The third-order valence-corrected chi connectivity index (χ3v) is 11.7. The molecule has 1 aliphatic rings. The van der Waals surface area contributed by atoms with Crippen molar-refractivity contribution in [1.29, 1.82) is 0 Å². The van der Waals surface area contributed by atoms with Crippen LogP contribution in [0.4, 0.5) is 10.7 Å². The van der Waals surface area contributed by atoms with Crippen molar-refractivity contribution in [3.8, 4) is 5.75 Å². The predicted molar refractivity (Wildman–Crippen MR) is 220 cm³/mol. The number of hydrogen-bond donors (Lipinski definition) is 3. The Bertz CT molecular complexity index is 2170. The van der Waals surface area contributed by atoms with Gasteiger partial charge < -0.3 is 25.4 Å². The van der Waals surface area contributed by atoms with Gasteiger partial charge in [-0.3, -0.25) is 14.4 Å². The van der Waals surface area contributed by atoms with Gasteiger partial charge >= 0.3 is 5.97 Å². The van der Waals surface area contributed by atoms with E-state index >= 15 is 0 Å². The quantitative estimate of drug-likeness (QED) is 0.0585. The molecule has 282 valence electrons. The summed E-state index contributed by atoms with van der Waals surface area (Å²) in [5, 5.41) is 8.79. The number of thioether (sulfide) groups is 1. The molecule has 9 nitrogen and oxygen atoms in total. The highest BCUT2D eigenvalue weighted by Gasteiger charge is 2.30. The molecule has 0 bridgehead atoms. The Kier molecular flexibility index (Phi) is 13.2. The Hall–Kier alpha value is -5.65. The third-order valence-electron chi connectivity index (χ3n) is 9.14. The molecule has 0 spiro atoms. The highest BCUT2D eigenvalue weighted by molar-refractivity contribution is 8.00. The summed E-state index contributed by atoms with van der Waals surface area (Å²) < 4.78 is 11.0. The van der Waals surface area contributed by atoms with Gasteiger partial charge in [-0.2, -0.15) is 0 Å². The van der Waals surface area contributed by atoms with Gasteiger partial charge in [0, 0.05) is 21.0 Å². The molecular weight excluding hydrogens is 731 g/mol. The molecule has 3 N–H and O–H groups in total. The van der Waals surface area contributed by atoms with Gasteiger partial charge in [0.2, 0.25) is 5.91 Å². The maximum atomic E-state index is 13.8. The number of ether oxygens (including phenoxy) is 2. The Morgan fingerprint density at radius 1 is 0.909 bits per heavy atom. The van der Waals surface area contributed by atoms with Crippen LogP contribution in [0.2, 0.25) is 0 Å². The largest absolute Gasteiger partial charge is 0.489 e. The van der Waals surface area contributed by atoms with Gasteiger partial charge in [-0.1, -0.05) is 80.6 Å². The third kappa shape index (κ3) is 10.3. The Labute approximate surface area is 329 Å². The average molecular weight is 774 g/mol. The molecule has 3 amide bonds. The first kappa shape index (κ1) is 39.1. The first-order valence-corrected chi connectivity index (χ1v) is 19.9. The van der Waals surface area contributed by atoms with Crippen LogP contribution >= 0.6 is 23.1 Å². The van der Waals surface area contributed by atoms with Gasteiger partial charge in [-0.15, -0.1) is 23.1 Å². The van der Waals surface area contributed by atoms with E-state index in [9.17, 15) is 19.2 Å². The molecular formula is C44H43N3O6S2. The normalized spacial score (nSPS) is 14.2. The van der Waals surface area contributed by atoms with E-state index in [1.54, 1.807) is 48.5 Å². The van der Waals surface area contributed by atoms with Crippen LogP contribution in [0.3, 0.4) is 0 Å². The summed E-state index contributed by atoms with van der Waals surface area (Å²) in [5.41, 5.74) is 4.11. The van der Waals surface area contributed by atoms with Crippen LogP contribution in [0.5, 0.6) is 5.75 Å². The standard InChI is InChI=1S/C44H43N3O6S2/c1-4-37(42(50)47-43-39(44(51)52-3)35-23-18-28(2)24-38(35)55-43)54-34-17-11-16-32(26-34)45-41(49)36(46-40(48)31-14-9-6-10-15-31)25-29-19-21-33(22-20-29)53-27-30-12-7-5-8-13-30/h5-17,19-22,25-26,28,37H,4,18,23-24,27H2,1-3H3,(H,45,49)(H,46,48)(H,47,50)/b36-25+. The molecule has 4 aromatic carbocycles. The minimum atomic E-state index is -0.521. The highest BCUT2D eigenvalue weighted by Crippen LogP contribution is 2.40. The molecule has 6 rings (SSSR count). The van der Waals surface area contributed by atoms with Crippen LogP contribution in [0.25, 0.3) is 6.08 Å². The molecule has 1 aromatic heterocycles. The lowest BCUT2D eigenvalue weighted by Gasteiger charge is -2.18. The van der Waals surface area contributed by atoms with E-state index in [0.717, 1.165) is 40.2 Å². The zero-order valence-corrected chi connectivity index (χ0v) is 32.6. The molecule has 0 radical (unpaired) electrons. The van der Waals surface area contributed by atoms with Crippen LogP contribution in [-0.4, -0.2) is 36.1 Å². The highest BCUT2D eigenvalue weighted by atomic mass is 32.2. The van der Waals surface area contributed by atoms with E-state index in [1.165, 1.54) is 30.2 Å². The van der Waals surface area contributed by atoms with Gasteiger partial charge in [-0.05, 0) is 96.8 Å². The van der Waals surface area contributed by atoms with Gasteiger partial charge in [-0.25, -0.2) is 4.79 Å². The van der Waals surface area contributed by atoms with Crippen LogP contribution in [0.15, 0.2) is 120 Å². The number of hydrogen-bond acceptors (Lipinski definition) is 8. The van der Waals surface area contributed by atoms with E-state index in [0.29, 0.717) is 52.1 Å². The van der Waals surface area contributed by atoms with Crippen molar-refractivity contribution in [3.63, 3.8) is 0 Å². The van der Waals surface area contributed by atoms with Gasteiger partial charge in [0.1, 0.15) is 23.1 Å². The Balaban J connectivity index is 1.16. The number of benzene rings is 4. The topological polar surface area (TPSA) is 123 Å². The molecule has 5 aromatic rings. The smallest absolute Gasteiger partial charge is 0.341 e.